The van der Waals surface area contributed by atoms with Crippen molar-refractivity contribution < 1.29 is 4.79 Å². The fourth-order valence-corrected chi connectivity index (χ4v) is 1.92. The fraction of sp³-hybridized carbons (Fsp3) is 0.727. The van der Waals surface area contributed by atoms with Gasteiger partial charge in [-0.25, -0.2) is 0 Å². The van der Waals surface area contributed by atoms with Gasteiger partial charge in [0.05, 0.1) is 0 Å². The van der Waals surface area contributed by atoms with Gasteiger partial charge < -0.3 is 4.90 Å². The smallest absolute Gasteiger partial charge is 0.245 e. The van der Waals surface area contributed by atoms with Crippen molar-refractivity contribution in [2.24, 2.45) is 5.41 Å². The van der Waals surface area contributed by atoms with Crippen molar-refractivity contribution in [2.75, 3.05) is 13.1 Å². The maximum Gasteiger partial charge on any atom is 0.245 e. The van der Waals surface area contributed by atoms with E-state index in [1.54, 1.807) is 0 Å². The highest BCUT2D eigenvalue weighted by atomic mass is 16.2. The van der Waals surface area contributed by atoms with Gasteiger partial charge in [-0.2, -0.15) is 0 Å². The second kappa shape index (κ2) is 3.95. The molecule has 0 aromatic heterocycles. The number of hydrogen-bond acceptors (Lipinski definition) is 1. The van der Waals surface area contributed by atoms with E-state index in [1.807, 2.05) is 4.90 Å². The maximum atomic E-state index is 11.4. The molecule has 1 heterocycles. The molecule has 0 aromatic carbocycles. The molecule has 1 aliphatic heterocycles. The van der Waals surface area contributed by atoms with Gasteiger partial charge in [-0.15, -0.1) is 0 Å². The summed E-state index contributed by atoms with van der Waals surface area (Å²) in [6.07, 6.45) is 4.93. The van der Waals surface area contributed by atoms with Crippen LogP contribution in [0.3, 0.4) is 0 Å². The van der Waals surface area contributed by atoms with Crippen LogP contribution in [0.25, 0.3) is 0 Å². The van der Waals surface area contributed by atoms with Gasteiger partial charge in [0.2, 0.25) is 5.91 Å². The third-order valence-corrected chi connectivity index (χ3v) is 3.12. The average Bonchev–Trinajstić information content (AvgIpc) is 2.17. The van der Waals surface area contributed by atoms with Crippen molar-refractivity contribution in [1.82, 2.24) is 4.90 Å². The minimum Gasteiger partial charge on any atom is -0.339 e. The molecule has 1 rings (SSSR count). The number of carbonyl (C=O) groups excluding carboxylic acids is 1. The summed E-state index contributed by atoms with van der Waals surface area (Å²) in [6, 6.07) is 0. The van der Waals surface area contributed by atoms with Crippen LogP contribution in [0.2, 0.25) is 0 Å². The number of piperidine rings is 1. The van der Waals surface area contributed by atoms with Gasteiger partial charge in [0.1, 0.15) is 0 Å². The molecular formula is C11H19NO. The Bertz CT molecular complexity index is 212. The molecule has 0 radical (unpaired) electrons. The van der Waals surface area contributed by atoms with E-state index >= 15 is 0 Å². The van der Waals surface area contributed by atoms with Gasteiger partial charge >= 0.3 is 0 Å². The van der Waals surface area contributed by atoms with Gasteiger partial charge in [-0.3, -0.25) is 4.79 Å². The Morgan fingerprint density at radius 2 is 2.38 bits per heavy atom. The SMILES string of the molecule is C=CC(=O)N1CCCC(C)(CC)C1. The van der Waals surface area contributed by atoms with E-state index in [4.69, 9.17) is 0 Å². The van der Waals surface area contributed by atoms with E-state index in [0.717, 1.165) is 25.9 Å². The zero-order chi connectivity index (χ0) is 9.90. The third kappa shape index (κ3) is 2.33. The lowest BCUT2D eigenvalue weighted by atomic mass is 9.79. The maximum absolute atomic E-state index is 11.4. The summed E-state index contributed by atoms with van der Waals surface area (Å²) in [7, 11) is 0. The molecule has 2 nitrogen and oxygen atoms in total. The first-order valence-electron chi connectivity index (χ1n) is 5.02. The predicted molar refractivity (Wildman–Crippen MR) is 54.4 cm³/mol. The number of carbonyl (C=O) groups is 1. The highest BCUT2D eigenvalue weighted by molar-refractivity contribution is 5.87. The molecule has 0 aliphatic carbocycles. The van der Waals surface area contributed by atoms with E-state index < -0.39 is 0 Å². The normalized spacial score (nSPS) is 28.6. The molecule has 0 spiro atoms. The van der Waals surface area contributed by atoms with Gasteiger partial charge in [0.25, 0.3) is 0 Å². The van der Waals surface area contributed by atoms with E-state index in [1.165, 1.54) is 12.5 Å². The van der Waals surface area contributed by atoms with Gasteiger partial charge in [0, 0.05) is 13.1 Å². The lowest BCUT2D eigenvalue weighted by molar-refractivity contribution is -0.129. The Labute approximate surface area is 80.6 Å². The molecule has 1 atom stereocenters. The van der Waals surface area contributed by atoms with E-state index in [0.29, 0.717) is 5.41 Å². The van der Waals surface area contributed by atoms with Crippen LogP contribution in [0.15, 0.2) is 12.7 Å². The molecule has 1 saturated heterocycles. The van der Waals surface area contributed by atoms with Gasteiger partial charge in [0.15, 0.2) is 0 Å². The van der Waals surface area contributed by atoms with Gasteiger partial charge in [-0.05, 0) is 30.8 Å². The van der Waals surface area contributed by atoms with Crippen molar-refractivity contribution >= 4 is 5.91 Å². The van der Waals surface area contributed by atoms with Crippen molar-refractivity contribution in [3.8, 4) is 0 Å². The number of amides is 1. The van der Waals surface area contributed by atoms with E-state index in [-0.39, 0.29) is 5.91 Å². The number of hydrogen-bond donors (Lipinski definition) is 0. The minimum absolute atomic E-state index is 0.0828. The average molecular weight is 181 g/mol. The molecule has 0 bridgehead atoms. The zero-order valence-electron chi connectivity index (χ0n) is 8.68. The highest BCUT2D eigenvalue weighted by Crippen LogP contribution is 2.32. The molecule has 0 saturated carbocycles. The van der Waals surface area contributed by atoms with Crippen molar-refractivity contribution in [2.45, 2.75) is 33.1 Å². The molecule has 13 heavy (non-hydrogen) atoms. The second-order valence-electron chi connectivity index (χ2n) is 4.23. The number of nitrogens with zero attached hydrogens (tertiary/aromatic N) is 1. The summed E-state index contributed by atoms with van der Waals surface area (Å²) in [5, 5.41) is 0. The van der Waals surface area contributed by atoms with Crippen molar-refractivity contribution in [3.63, 3.8) is 0 Å². The van der Waals surface area contributed by atoms with Crippen LogP contribution in [-0.2, 0) is 4.79 Å². The summed E-state index contributed by atoms with van der Waals surface area (Å²) < 4.78 is 0. The predicted octanol–water partition coefficient (Wildman–Crippen LogP) is 2.21. The monoisotopic (exact) mass is 181 g/mol. The van der Waals surface area contributed by atoms with Crippen molar-refractivity contribution in [3.05, 3.63) is 12.7 Å². The second-order valence-corrected chi connectivity index (χ2v) is 4.23. The Morgan fingerprint density at radius 1 is 1.69 bits per heavy atom. The first-order chi connectivity index (χ1) is 6.11. The molecule has 2 heteroatoms. The molecule has 74 valence electrons. The topological polar surface area (TPSA) is 20.3 Å². The molecule has 0 aromatic rings. The van der Waals surface area contributed by atoms with Crippen LogP contribution in [0.5, 0.6) is 0 Å². The molecular weight excluding hydrogens is 162 g/mol. The largest absolute Gasteiger partial charge is 0.339 e. The van der Waals surface area contributed by atoms with Crippen LogP contribution in [0.1, 0.15) is 33.1 Å². The molecule has 1 amide bonds. The molecule has 1 fully saturated rings. The zero-order valence-corrected chi connectivity index (χ0v) is 8.68. The Balaban J connectivity index is 2.61. The van der Waals surface area contributed by atoms with Crippen molar-refractivity contribution in [1.29, 1.82) is 0 Å². The minimum atomic E-state index is 0.0828. The van der Waals surface area contributed by atoms with Crippen LogP contribution < -0.4 is 0 Å². The molecule has 1 unspecified atom stereocenters. The lowest BCUT2D eigenvalue weighted by Gasteiger charge is -2.39. The summed E-state index contributed by atoms with van der Waals surface area (Å²) in [5.41, 5.74) is 0.330. The summed E-state index contributed by atoms with van der Waals surface area (Å²) >= 11 is 0. The van der Waals surface area contributed by atoms with Crippen LogP contribution in [-0.4, -0.2) is 23.9 Å². The first-order valence-corrected chi connectivity index (χ1v) is 5.02. The number of likely N-dealkylation sites (tertiary alicyclic amines) is 1. The standard InChI is InChI=1S/C11H19NO/c1-4-10(13)12-8-6-7-11(3,5-2)9-12/h4H,1,5-9H2,2-3H3. The third-order valence-electron chi connectivity index (χ3n) is 3.12. The van der Waals surface area contributed by atoms with E-state index in [9.17, 15) is 4.79 Å². The van der Waals surface area contributed by atoms with Crippen LogP contribution in [0, 0.1) is 5.41 Å². The molecule has 1 aliphatic rings. The summed E-state index contributed by atoms with van der Waals surface area (Å²) in [4.78, 5) is 13.3. The molecule has 0 N–H and O–H groups in total. The first kappa shape index (κ1) is 10.3. The quantitative estimate of drug-likeness (QED) is 0.598. The Hall–Kier alpha value is -0.790. The summed E-state index contributed by atoms with van der Waals surface area (Å²) in [6.45, 7) is 9.77. The lowest BCUT2D eigenvalue weighted by Crippen LogP contribution is -2.43. The summed E-state index contributed by atoms with van der Waals surface area (Å²) in [5.74, 6) is 0.0828. The highest BCUT2D eigenvalue weighted by Gasteiger charge is 2.30. The Morgan fingerprint density at radius 3 is 2.92 bits per heavy atom. The Kier molecular flexibility index (Phi) is 3.12. The fourth-order valence-electron chi connectivity index (χ4n) is 1.92. The van der Waals surface area contributed by atoms with E-state index in [2.05, 4.69) is 20.4 Å². The van der Waals surface area contributed by atoms with Crippen LogP contribution >= 0.6 is 0 Å². The van der Waals surface area contributed by atoms with Crippen LogP contribution in [0.4, 0.5) is 0 Å². The van der Waals surface area contributed by atoms with Gasteiger partial charge in [-0.1, -0.05) is 20.4 Å². The number of rotatable bonds is 2.